The first-order valence-corrected chi connectivity index (χ1v) is 7.68. The van der Waals surface area contributed by atoms with E-state index >= 15 is 0 Å². The first-order valence-electron chi connectivity index (χ1n) is 7.68. The van der Waals surface area contributed by atoms with E-state index in [1.54, 1.807) is 7.11 Å². The van der Waals surface area contributed by atoms with E-state index in [9.17, 15) is 5.11 Å². The molecule has 2 unspecified atom stereocenters. The smallest absolute Gasteiger partial charge is 0.120 e. The lowest BCUT2D eigenvalue weighted by atomic mass is 9.95. The van der Waals surface area contributed by atoms with E-state index in [0.717, 1.165) is 17.7 Å². The average Bonchev–Trinajstić information content (AvgIpc) is 3.23. The molecule has 0 spiro atoms. The van der Waals surface area contributed by atoms with Crippen molar-refractivity contribution in [3.05, 3.63) is 29.8 Å². The Morgan fingerprint density at radius 2 is 2.19 bits per heavy atom. The fourth-order valence-corrected chi connectivity index (χ4v) is 2.67. The van der Waals surface area contributed by atoms with Crippen LogP contribution in [0.25, 0.3) is 0 Å². The Morgan fingerprint density at radius 3 is 2.81 bits per heavy atom. The summed E-state index contributed by atoms with van der Waals surface area (Å²) in [6, 6.07) is 8.53. The number of nitrogens with one attached hydrogen (secondary N) is 1. The molecule has 2 N–H and O–H groups in total. The minimum atomic E-state index is -0.273. The van der Waals surface area contributed by atoms with Gasteiger partial charge in [-0.25, -0.2) is 0 Å². The van der Waals surface area contributed by atoms with Crippen LogP contribution in [0.4, 0.5) is 0 Å². The van der Waals surface area contributed by atoms with Gasteiger partial charge in [-0.05, 0) is 44.4 Å². The van der Waals surface area contributed by atoms with Crippen molar-refractivity contribution in [2.45, 2.75) is 57.4 Å². The largest absolute Gasteiger partial charge is 0.491 e. The summed E-state index contributed by atoms with van der Waals surface area (Å²) in [5.74, 6) is 0.851. The molecule has 1 aliphatic rings. The molecule has 21 heavy (non-hydrogen) atoms. The lowest BCUT2D eigenvalue weighted by molar-refractivity contribution is 0.108. The molecule has 1 fully saturated rings. The van der Waals surface area contributed by atoms with Crippen LogP contribution in [0.3, 0.4) is 0 Å². The number of benzene rings is 1. The zero-order valence-electron chi connectivity index (χ0n) is 13.3. The maximum absolute atomic E-state index is 9.66. The van der Waals surface area contributed by atoms with Gasteiger partial charge in [-0.3, -0.25) is 0 Å². The number of aliphatic hydroxyl groups excluding tert-OH is 1. The Morgan fingerprint density at radius 1 is 1.43 bits per heavy atom. The lowest BCUT2D eigenvalue weighted by Crippen LogP contribution is -2.49. The zero-order chi connectivity index (χ0) is 15.3. The van der Waals surface area contributed by atoms with Crippen molar-refractivity contribution in [3.8, 4) is 5.75 Å². The first kappa shape index (κ1) is 16.3. The molecule has 0 aromatic heterocycles. The monoisotopic (exact) mass is 293 g/mol. The highest BCUT2D eigenvalue weighted by Crippen LogP contribution is 2.26. The highest BCUT2D eigenvalue weighted by molar-refractivity contribution is 5.28. The molecule has 4 heteroatoms. The molecule has 1 aromatic rings. The Labute approximate surface area is 127 Å². The number of methoxy groups -OCH3 is 1. The molecule has 4 nitrogen and oxygen atoms in total. The molecule has 0 amide bonds. The van der Waals surface area contributed by atoms with E-state index < -0.39 is 0 Å². The quantitative estimate of drug-likeness (QED) is 0.734. The van der Waals surface area contributed by atoms with Crippen LogP contribution in [0.5, 0.6) is 5.75 Å². The highest BCUT2D eigenvalue weighted by atomic mass is 16.5. The maximum atomic E-state index is 9.66. The summed E-state index contributed by atoms with van der Waals surface area (Å²) in [4.78, 5) is 0. The molecule has 2 rings (SSSR count). The van der Waals surface area contributed by atoms with Crippen LogP contribution in [0, 0.1) is 0 Å². The molecule has 0 saturated heterocycles. The van der Waals surface area contributed by atoms with Gasteiger partial charge in [0.05, 0.1) is 19.3 Å². The molecule has 118 valence electrons. The number of aliphatic hydroxyl groups is 1. The van der Waals surface area contributed by atoms with Crippen LogP contribution in [-0.4, -0.2) is 36.5 Å². The fourth-order valence-electron chi connectivity index (χ4n) is 2.67. The van der Waals surface area contributed by atoms with Gasteiger partial charge in [-0.1, -0.05) is 12.1 Å². The topological polar surface area (TPSA) is 50.7 Å². The van der Waals surface area contributed by atoms with Crippen molar-refractivity contribution >= 4 is 0 Å². The Hall–Kier alpha value is -1.10. The lowest BCUT2D eigenvalue weighted by Gasteiger charge is -2.32. The van der Waals surface area contributed by atoms with Crippen molar-refractivity contribution in [3.63, 3.8) is 0 Å². The van der Waals surface area contributed by atoms with Crippen molar-refractivity contribution in [2.75, 3.05) is 13.7 Å². The van der Waals surface area contributed by atoms with E-state index in [1.165, 1.54) is 12.8 Å². The third kappa shape index (κ3) is 5.30. The Bertz CT molecular complexity index is 447. The van der Waals surface area contributed by atoms with Crippen LogP contribution in [0.1, 0.15) is 38.7 Å². The average molecular weight is 293 g/mol. The van der Waals surface area contributed by atoms with Crippen LogP contribution >= 0.6 is 0 Å². The standard InChI is InChI=1S/C17H27NO3/c1-13(10-17(2,12-19)18-15-7-8-15)21-16-6-4-5-14(9-16)11-20-3/h4-6,9,13,15,18-19H,7-8,10-12H2,1-3H3. The van der Waals surface area contributed by atoms with Crippen molar-refractivity contribution < 1.29 is 14.6 Å². The molecule has 0 aliphatic heterocycles. The van der Waals surface area contributed by atoms with E-state index in [2.05, 4.69) is 12.2 Å². The summed E-state index contributed by atoms with van der Waals surface area (Å²) in [5, 5.41) is 13.2. The van der Waals surface area contributed by atoms with Crippen LogP contribution < -0.4 is 10.1 Å². The van der Waals surface area contributed by atoms with E-state index in [-0.39, 0.29) is 18.2 Å². The summed E-state index contributed by atoms with van der Waals surface area (Å²) >= 11 is 0. The second kappa shape index (κ2) is 7.25. The third-order valence-electron chi connectivity index (χ3n) is 3.76. The molecular formula is C17H27NO3. The van der Waals surface area contributed by atoms with Gasteiger partial charge in [0.15, 0.2) is 0 Å². The second-order valence-corrected chi connectivity index (χ2v) is 6.35. The minimum Gasteiger partial charge on any atom is -0.491 e. The van der Waals surface area contributed by atoms with E-state index in [0.29, 0.717) is 12.6 Å². The highest BCUT2D eigenvalue weighted by Gasteiger charge is 2.33. The summed E-state index contributed by atoms with van der Waals surface area (Å²) in [7, 11) is 1.69. The zero-order valence-corrected chi connectivity index (χ0v) is 13.3. The van der Waals surface area contributed by atoms with Gasteiger partial charge in [0, 0.05) is 25.1 Å². The van der Waals surface area contributed by atoms with Gasteiger partial charge in [-0.15, -0.1) is 0 Å². The van der Waals surface area contributed by atoms with Crippen molar-refractivity contribution in [1.82, 2.24) is 5.32 Å². The van der Waals surface area contributed by atoms with Gasteiger partial charge in [-0.2, -0.15) is 0 Å². The molecule has 1 saturated carbocycles. The first-order chi connectivity index (χ1) is 10.0. The number of ether oxygens (including phenoxy) is 2. The van der Waals surface area contributed by atoms with Crippen molar-refractivity contribution in [2.24, 2.45) is 0 Å². The molecule has 2 atom stereocenters. The third-order valence-corrected chi connectivity index (χ3v) is 3.76. The number of hydrogen-bond donors (Lipinski definition) is 2. The van der Waals surface area contributed by atoms with Gasteiger partial charge in [0.25, 0.3) is 0 Å². The van der Waals surface area contributed by atoms with Crippen LogP contribution in [-0.2, 0) is 11.3 Å². The van der Waals surface area contributed by atoms with Gasteiger partial charge < -0.3 is 19.9 Å². The SMILES string of the molecule is COCc1cccc(OC(C)CC(C)(CO)NC2CC2)c1. The second-order valence-electron chi connectivity index (χ2n) is 6.35. The molecule has 0 radical (unpaired) electrons. The number of hydrogen-bond acceptors (Lipinski definition) is 4. The molecular weight excluding hydrogens is 266 g/mol. The minimum absolute atomic E-state index is 0.0335. The maximum Gasteiger partial charge on any atom is 0.120 e. The normalized spacial score (nSPS) is 19.0. The van der Waals surface area contributed by atoms with Crippen LogP contribution in [0.2, 0.25) is 0 Å². The van der Waals surface area contributed by atoms with Gasteiger partial charge in [0.2, 0.25) is 0 Å². The molecule has 0 heterocycles. The predicted octanol–water partition coefficient (Wildman–Crippen LogP) is 2.49. The van der Waals surface area contributed by atoms with E-state index in [1.807, 2.05) is 31.2 Å². The van der Waals surface area contributed by atoms with Gasteiger partial charge in [0.1, 0.15) is 5.75 Å². The predicted molar refractivity (Wildman–Crippen MR) is 83.5 cm³/mol. The summed E-state index contributed by atoms with van der Waals surface area (Å²) in [6.45, 7) is 4.82. The molecule has 1 aromatic carbocycles. The Balaban J connectivity index is 1.90. The fraction of sp³-hybridized carbons (Fsp3) is 0.647. The van der Waals surface area contributed by atoms with Crippen molar-refractivity contribution in [1.29, 1.82) is 0 Å². The summed E-state index contributed by atoms with van der Waals surface area (Å²) in [6.07, 6.45) is 3.23. The van der Waals surface area contributed by atoms with E-state index in [4.69, 9.17) is 9.47 Å². The van der Waals surface area contributed by atoms with Crippen LogP contribution in [0.15, 0.2) is 24.3 Å². The summed E-state index contributed by atoms with van der Waals surface area (Å²) in [5.41, 5.74) is 0.827. The summed E-state index contributed by atoms with van der Waals surface area (Å²) < 4.78 is 11.1. The Kier molecular flexibility index (Phi) is 5.62. The van der Waals surface area contributed by atoms with Gasteiger partial charge >= 0.3 is 0 Å². The molecule has 1 aliphatic carbocycles. The number of rotatable bonds is 9. The molecule has 0 bridgehead atoms.